The van der Waals surface area contributed by atoms with Crippen LogP contribution < -0.4 is 11.1 Å². The molecule has 2 atom stereocenters. The van der Waals surface area contributed by atoms with Crippen LogP contribution in [0.5, 0.6) is 0 Å². The van der Waals surface area contributed by atoms with Crippen molar-refractivity contribution in [3.63, 3.8) is 0 Å². The van der Waals surface area contributed by atoms with Crippen LogP contribution in [0.3, 0.4) is 0 Å². The second-order valence-electron chi connectivity index (χ2n) is 5.78. The van der Waals surface area contributed by atoms with Crippen LogP contribution in [-0.4, -0.2) is 34.9 Å². The summed E-state index contributed by atoms with van der Waals surface area (Å²) in [6, 6.07) is 15.3. The Morgan fingerprint density at radius 2 is 1.69 bits per heavy atom. The Morgan fingerprint density at radius 1 is 1.04 bits per heavy atom. The summed E-state index contributed by atoms with van der Waals surface area (Å²) in [6.07, 6.45) is -2.68. The number of carbonyl (C=O) groups is 2. The van der Waals surface area contributed by atoms with E-state index < -0.39 is 24.2 Å². The summed E-state index contributed by atoms with van der Waals surface area (Å²) < 4.78 is 5.05. The van der Waals surface area contributed by atoms with E-state index in [1.165, 1.54) is 24.3 Å². The molecule has 2 unspecified atom stereocenters. The number of amides is 2. The van der Waals surface area contributed by atoms with E-state index in [9.17, 15) is 19.8 Å². The standard InChI is InChI=1S/C19H22N2O5/c20-18(24)15-8-6-14(7-9-15)17(23)16(22)10-11-21-19(25)26-12-13-4-2-1-3-5-13/h1-9,16-17,22-23H,10-12H2,(H2,20,24)(H,21,25). The van der Waals surface area contributed by atoms with Crippen LogP contribution in [0.4, 0.5) is 4.79 Å². The maximum Gasteiger partial charge on any atom is 0.407 e. The Morgan fingerprint density at radius 3 is 2.31 bits per heavy atom. The summed E-state index contributed by atoms with van der Waals surface area (Å²) in [4.78, 5) is 22.6. The molecule has 0 saturated heterocycles. The number of primary amides is 1. The molecule has 2 amide bonds. The minimum absolute atomic E-state index is 0.138. The van der Waals surface area contributed by atoms with Crippen molar-refractivity contribution in [2.75, 3.05) is 6.54 Å². The van der Waals surface area contributed by atoms with E-state index in [1.54, 1.807) is 0 Å². The van der Waals surface area contributed by atoms with E-state index in [-0.39, 0.29) is 19.6 Å². The maximum absolute atomic E-state index is 11.6. The molecule has 2 aromatic rings. The molecule has 0 aliphatic heterocycles. The van der Waals surface area contributed by atoms with Gasteiger partial charge in [0.1, 0.15) is 12.7 Å². The quantitative estimate of drug-likeness (QED) is 0.570. The highest BCUT2D eigenvalue weighted by Gasteiger charge is 2.18. The predicted octanol–water partition coefficient (Wildman–Crippen LogP) is 1.50. The molecular weight excluding hydrogens is 336 g/mol. The highest BCUT2D eigenvalue weighted by atomic mass is 16.5. The zero-order valence-electron chi connectivity index (χ0n) is 14.2. The van der Waals surface area contributed by atoms with Gasteiger partial charge >= 0.3 is 6.09 Å². The average molecular weight is 358 g/mol. The number of alkyl carbamates (subject to hydrolysis) is 1. The first kappa shape index (κ1) is 19.4. The van der Waals surface area contributed by atoms with Crippen molar-refractivity contribution < 1.29 is 24.5 Å². The fourth-order valence-electron chi connectivity index (χ4n) is 2.32. The van der Waals surface area contributed by atoms with Crippen LogP contribution >= 0.6 is 0 Å². The number of nitrogens with one attached hydrogen (secondary N) is 1. The summed E-state index contributed by atoms with van der Waals surface area (Å²) in [6.45, 7) is 0.301. The zero-order chi connectivity index (χ0) is 18.9. The molecule has 5 N–H and O–H groups in total. The average Bonchev–Trinajstić information content (AvgIpc) is 2.66. The molecule has 0 bridgehead atoms. The van der Waals surface area contributed by atoms with Gasteiger partial charge in [0.25, 0.3) is 0 Å². The lowest BCUT2D eigenvalue weighted by Gasteiger charge is -2.18. The van der Waals surface area contributed by atoms with Gasteiger partial charge in [0.15, 0.2) is 0 Å². The fraction of sp³-hybridized carbons (Fsp3) is 0.263. The molecule has 26 heavy (non-hydrogen) atoms. The van der Waals surface area contributed by atoms with E-state index in [2.05, 4.69) is 5.32 Å². The van der Waals surface area contributed by atoms with Gasteiger partial charge in [0, 0.05) is 12.1 Å². The molecule has 0 spiro atoms. The third-order valence-electron chi connectivity index (χ3n) is 3.82. The largest absolute Gasteiger partial charge is 0.445 e. The first-order valence-electron chi connectivity index (χ1n) is 8.18. The third-order valence-corrected chi connectivity index (χ3v) is 3.82. The van der Waals surface area contributed by atoms with Crippen molar-refractivity contribution in [3.05, 3.63) is 71.3 Å². The van der Waals surface area contributed by atoms with Crippen LogP contribution in [0.15, 0.2) is 54.6 Å². The molecule has 0 fully saturated rings. The van der Waals surface area contributed by atoms with E-state index in [0.29, 0.717) is 11.1 Å². The second-order valence-corrected chi connectivity index (χ2v) is 5.78. The van der Waals surface area contributed by atoms with Crippen molar-refractivity contribution >= 4 is 12.0 Å². The van der Waals surface area contributed by atoms with Gasteiger partial charge in [0.2, 0.25) is 5.91 Å². The van der Waals surface area contributed by atoms with Crippen molar-refractivity contribution in [3.8, 4) is 0 Å². The number of hydrogen-bond acceptors (Lipinski definition) is 5. The number of hydrogen-bond donors (Lipinski definition) is 4. The Kier molecular flexibility index (Phi) is 7.13. The maximum atomic E-state index is 11.6. The van der Waals surface area contributed by atoms with Crippen LogP contribution in [0.25, 0.3) is 0 Å². The topological polar surface area (TPSA) is 122 Å². The number of aliphatic hydroxyl groups is 2. The summed E-state index contributed by atoms with van der Waals surface area (Å²) in [5, 5.41) is 22.7. The molecule has 138 valence electrons. The van der Waals surface area contributed by atoms with Gasteiger partial charge in [-0.05, 0) is 29.7 Å². The van der Waals surface area contributed by atoms with Crippen molar-refractivity contribution in [2.24, 2.45) is 5.73 Å². The van der Waals surface area contributed by atoms with Crippen molar-refractivity contribution in [1.29, 1.82) is 0 Å². The third kappa shape index (κ3) is 5.87. The van der Waals surface area contributed by atoms with Gasteiger partial charge < -0.3 is 26.0 Å². The highest BCUT2D eigenvalue weighted by molar-refractivity contribution is 5.92. The number of aliphatic hydroxyl groups excluding tert-OH is 2. The van der Waals surface area contributed by atoms with Gasteiger partial charge in [-0.25, -0.2) is 4.79 Å². The normalized spacial score (nSPS) is 12.8. The van der Waals surface area contributed by atoms with E-state index in [4.69, 9.17) is 10.5 Å². The van der Waals surface area contributed by atoms with Crippen LogP contribution in [0.2, 0.25) is 0 Å². The Hall–Kier alpha value is -2.90. The van der Waals surface area contributed by atoms with Crippen molar-refractivity contribution in [2.45, 2.75) is 25.2 Å². The minimum atomic E-state index is -1.14. The molecule has 0 heterocycles. The van der Waals surface area contributed by atoms with Gasteiger partial charge in [-0.15, -0.1) is 0 Å². The van der Waals surface area contributed by atoms with Crippen molar-refractivity contribution in [1.82, 2.24) is 5.32 Å². The summed E-state index contributed by atoms with van der Waals surface area (Å²) >= 11 is 0. The molecule has 0 aliphatic carbocycles. The molecule has 0 aromatic heterocycles. The Bertz CT molecular complexity index is 718. The zero-order valence-corrected chi connectivity index (χ0v) is 14.2. The minimum Gasteiger partial charge on any atom is -0.445 e. The number of ether oxygens (including phenoxy) is 1. The van der Waals surface area contributed by atoms with Gasteiger partial charge in [-0.1, -0.05) is 42.5 Å². The molecule has 0 saturated carbocycles. The highest BCUT2D eigenvalue weighted by Crippen LogP contribution is 2.19. The summed E-state index contributed by atoms with van der Waals surface area (Å²) in [5.41, 5.74) is 6.80. The van der Waals surface area contributed by atoms with Gasteiger partial charge in [-0.3, -0.25) is 4.79 Å². The molecule has 0 radical (unpaired) electrons. The lowest BCUT2D eigenvalue weighted by molar-refractivity contribution is 0.0136. The monoisotopic (exact) mass is 358 g/mol. The first-order valence-corrected chi connectivity index (χ1v) is 8.18. The smallest absolute Gasteiger partial charge is 0.407 e. The second kappa shape index (κ2) is 9.55. The van der Waals surface area contributed by atoms with E-state index in [1.807, 2.05) is 30.3 Å². The molecule has 2 rings (SSSR count). The Balaban J connectivity index is 1.72. The fourth-order valence-corrected chi connectivity index (χ4v) is 2.32. The van der Waals surface area contributed by atoms with E-state index >= 15 is 0 Å². The lowest BCUT2D eigenvalue weighted by atomic mass is 10.0. The molecule has 2 aromatic carbocycles. The summed E-state index contributed by atoms with van der Waals surface area (Å²) in [5.74, 6) is -0.565. The number of benzene rings is 2. The Labute approximate surface area is 151 Å². The number of rotatable bonds is 8. The SMILES string of the molecule is NC(=O)c1ccc(C(O)C(O)CCNC(=O)OCc2ccccc2)cc1. The van der Waals surface area contributed by atoms with Crippen LogP contribution in [0, 0.1) is 0 Å². The van der Waals surface area contributed by atoms with E-state index in [0.717, 1.165) is 5.56 Å². The van der Waals surface area contributed by atoms with Crippen LogP contribution in [-0.2, 0) is 11.3 Å². The lowest BCUT2D eigenvalue weighted by Crippen LogP contribution is -2.29. The predicted molar refractivity (Wildman–Crippen MR) is 95.2 cm³/mol. The molecular formula is C19H22N2O5. The summed E-state index contributed by atoms with van der Waals surface area (Å²) in [7, 11) is 0. The number of carbonyl (C=O) groups excluding carboxylic acids is 2. The molecule has 0 aliphatic rings. The first-order chi connectivity index (χ1) is 12.5. The molecule has 7 nitrogen and oxygen atoms in total. The van der Waals surface area contributed by atoms with Crippen LogP contribution in [0.1, 0.15) is 34.0 Å². The van der Waals surface area contributed by atoms with Gasteiger partial charge in [0.05, 0.1) is 6.10 Å². The molecule has 7 heteroatoms. The number of nitrogens with two attached hydrogens (primary N) is 1. The van der Waals surface area contributed by atoms with Gasteiger partial charge in [-0.2, -0.15) is 0 Å².